The number of primary amides is 1. The summed E-state index contributed by atoms with van der Waals surface area (Å²) < 4.78 is 0. The highest BCUT2D eigenvalue weighted by Gasteiger charge is 1.91. The lowest BCUT2D eigenvalue weighted by molar-refractivity contribution is -0.117. The summed E-state index contributed by atoms with van der Waals surface area (Å²) in [5.74, 6) is -0.617. The first-order chi connectivity index (χ1) is 6.43. The molecule has 0 aliphatic rings. The molecule has 0 aromatic heterocycles. The van der Waals surface area contributed by atoms with E-state index in [9.17, 15) is 9.59 Å². The number of hydrogen-bond donors (Lipinski definition) is 2. The zero-order valence-corrected chi connectivity index (χ0v) is 8.62. The van der Waals surface area contributed by atoms with Crippen molar-refractivity contribution >= 4 is 11.8 Å². The van der Waals surface area contributed by atoms with E-state index in [1.54, 1.807) is 0 Å². The van der Waals surface area contributed by atoms with E-state index < -0.39 is 5.91 Å². The van der Waals surface area contributed by atoms with Crippen molar-refractivity contribution in [2.75, 3.05) is 20.8 Å². The Hall–Kier alpha value is -1.62. The maximum atomic E-state index is 10.5. The Bertz CT molecular complexity index is 212. The quantitative estimate of drug-likeness (QED) is 0.472. The first-order valence-corrected chi connectivity index (χ1v) is 3.90. The van der Waals surface area contributed by atoms with Crippen molar-refractivity contribution in [1.29, 1.82) is 0 Å². The zero-order chi connectivity index (χ0) is 11.6. The van der Waals surface area contributed by atoms with E-state index >= 15 is 0 Å². The molecule has 0 aromatic carbocycles. The van der Waals surface area contributed by atoms with Crippen LogP contribution in [-0.2, 0) is 9.59 Å². The van der Waals surface area contributed by atoms with Crippen LogP contribution in [0.25, 0.3) is 0 Å². The van der Waals surface area contributed by atoms with E-state index in [4.69, 9.17) is 0 Å². The Morgan fingerprint density at radius 2 is 1.79 bits per heavy atom. The first kappa shape index (κ1) is 14.9. The number of carbonyl (C=O) groups excluding carboxylic acids is 2. The Morgan fingerprint density at radius 1 is 1.36 bits per heavy atom. The summed E-state index contributed by atoms with van der Waals surface area (Å²) in [6.45, 7) is 6.95. The van der Waals surface area contributed by atoms with Gasteiger partial charge in [0.2, 0.25) is 11.8 Å². The number of nitrogens with one attached hydrogen (secondary N) is 1. The smallest absolute Gasteiger partial charge is 0.244 e. The lowest BCUT2D eigenvalue weighted by Crippen LogP contribution is -2.31. The monoisotopic (exact) mass is 199 g/mol. The summed E-state index contributed by atoms with van der Waals surface area (Å²) >= 11 is 0. The van der Waals surface area contributed by atoms with Crippen LogP contribution in [0.15, 0.2) is 25.3 Å². The van der Waals surface area contributed by atoms with Crippen LogP contribution < -0.4 is 11.1 Å². The van der Waals surface area contributed by atoms with Crippen LogP contribution >= 0.6 is 0 Å². The second-order valence-electron chi connectivity index (χ2n) is 2.59. The van der Waals surface area contributed by atoms with E-state index in [1.807, 2.05) is 19.0 Å². The highest BCUT2D eigenvalue weighted by molar-refractivity contribution is 5.86. The van der Waals surface area contributed by atoms with Gasteiger partial charge < -0.3 is 11.1 Å². The second kappa shape index (κ2) is 9.47. The van der Waals surface area contributed by atoms with Crippen LogP contribution in [0.2, 0.25) is 0 Å². The van der Waals surface area contributed by atoms with E-state index in [1.165, 1.54) is 6.08 Å². The summed E-state index contributed by atoms with van der Waals surface area (Å²) in [6, 6.07) is 0. The predicted octanol–water partition coefficient (Wildman–Crippen LogP) is -0.535. The van der Waals surface area contributed by atoms with Crippen molar-refractivity contribution in [3.63, 3.8) is 0 Å². The number of nitrogens with zero attached hydrogens (tertiary/aromatic N) is 1. The Balaban J connectivity index is 0. The van der Waals surface area contributed by atoms with Gasteiger partial charge in [-0.2, -0.15) is 0 Å². The Labute approximate surface area is 84.3 Å². The van der Waals surface area contributed by atoms with Crippen LogP contribution in [0, 0.1) is 0 Å². The van der Waals surface area contributed by atoms with E-state index in [2.05, 4.69) is 24.2 Å². The number of rotatable bonds is 4. The van der Waals surface area contributed by atoms with Gasteiger partial charge in [-0.15, -0.1) is 0 Å². The lowest BCUT2D eigenvalue weighted by atomic mass is 10.6. The maximum Gasteiger partial charge on any atom is 0.244 e. The molecule has 5 nitrogen and oxygen atoms in total. The first-order valence-electron chi connectivity index (χ1n) is 3.90. The summed E-state index contributed by atoms with van der Waals surface area (Å²) in [7, 11) is 3.76. The van der Waals surface area contributed by atoms with Gasteiger partial charge in [-0.1, -0.05) is 13.2 Å². The topological polar surface area (TPSA) is 75.4 Å². The van der Waals surface area contributed by atoms with Gasteiger partial charge in [-0.25, -0.2) is 0 Å². The van der Waals surface area contributed by atoms with Crippen LogP contribution in [0.3, 0.4) is 0 Å². The average Bonchev–Trinajstić information content (AvgIpc) is 2.14. The predicted molar refractivity (Wildman–Crippen MR) is 56.3 cm³/mol. The maximum absolute atomic E-state index is 10.5. The minimum absolute atomic E-state index is 0.135. The molecular weight excluding hydrogens is 182 g/mol. The van der Waals surface area contributed by atoms with Gasteiger partial charge in [0, 0.05) is 0 Å². The Kier molecular flexibility index (Phi) is 10.1. The number of amides is 2. The molecule has 0 fully saturated rings. The normalized spacial score (nSPS) is 8.21. The molecule has 80 valence electrons. The SMILES string of the molecule is C=CC(=O)NCN(C)C.C=CC(N)=O. The molecule has 0 spiro atoms. The second-order valence-corrected chi connectivity index (χ2v) is 2.59. The molecule has 0 bridgehead atoms. The average molecular weight is 199 g/mol. The summed E-state index contributed by atoms with van der Waals surface area (Å²) in [6.07, 6.45) is 2.31. The third kappa shape index (κ3) is 16.8. The molecule has 0 aliphatic heterocycles. The van der Waals surface area contributed by atoms with Gasteiger partial charge in [0.05, 0.1) is 6.67 Å². The van der Waals surface area contributed by atoms with Crippen molar-refractivity contribution in [2.45, 2.75) is 0 Å². The van der Waals surface area contributed by atoms with Gasteiger partial charge in [0.25, 0.3) is 0 Å². The van der Waals surface area contributed by atoms with Gasteiger partial charge >= 0.3 is 0 Å². The van der Waals surface area contributed by atoms with Crippen molar-refractivity contribution in [1.82, 2.24) is 10.2 Å². The largest absolute Gasteiger partial charge is 0.366 e. The van der Waals surface area contributed by atoms with Gasteiger partial charge in [-0.05, 0) is 26.2 Å². The summed E-state index contributed by atoms with van der Waals surface area (Å²) in [5.41, 5.74) is 4.53. The molecule has 0 radical (unpaired) electrons. The number of carbonyl (C=O) groups is 2. The molecule has 2 amide bonds. The molecule has 0 saturated heterocycles. The van der Waals surface area contributed by atoms with Crippen LogP contribution in [-0.4, -0.2) is 37.5 Å². The van der Waals surface area contributed by atoms with Crippen molar-refractivity contribution < 1.29 is 9.59 Å². The van der Waals surface area contributed by atoms with Gasteiger partial charge in [0.15, 0.2) is 0 Å². The summed E-state index contributed by atoms with van der Waals surface area (Å²) in [5, 5.41) is 2.60. The van der Waals surface area contributed by atoms with Crippen molar-refractivity contribution in [2.24, 2.45) is 5.73 Å². The molecule has 0 aromatic rings. The van der Waals surface area contributed by atoms with Gasteiger partial charge in [0.1, 0.15) is 0 Å². The summed E-state index contributed by atoms with van der Waals surface area (Å²) in [4.78, 5) is 21.8. The fraction of sp³-hybridized carbons (Fsp3) is 0.333. The highest BCUT2D eigenvalue weighted by Crippen LogP contribution is 1.69. The van der Waals surface area contributed by atoms with Crippen LogP contribution in [0.4, 0.5) is 0 Å². The fourth-order valence-corrected chi connectivity index (χ4v) is 0.308. The van der Waals surface area contributed by atoms with Gasteiger partial charge in [-0.3, -0.25) is 14.5 Å². The lowest BCUT2D eigenvalue weighted by Gasteiger charge is -2.08. The minimum Gasteiger partial charge on any atom is -0.366 e. The molecule has 0 rings (SSSR count). The molecule has 14 heavy (non-hydrogen) atoms. The molecule has 3 N–H and O–H groups in total. The molecule has 0 aliphatic carbocycles. The van der Waals surface area contributed by atoms with Crippen molar-refractivity contribution in [3.05, 3.63) is 25.3 Å². The molecular formula is C9H17N3O2. The third-order valence-corrected chi connectivity index (χ3v) is 0.956. The van der Waals surface area contributed by atoms with E-state index in [0.717, 1.165) is 6.08 Å². The van der Waals surface area contributed by atoms with Crippen LogP contribution in [0.5, 0.6) is 0 Å². The molecule has 0 atom stereocenters. The molecule has 5 heteroatoms. The molecule has 0 heterocycles. The molecule has 0 unspecified atom stereocenters. The number of hydrogen-bond acceptors (Lipinski definition) is 3. The minimum atomic E-state index is -0.481. The van der Waals surface area contributed by atoms with Crippen molar-refractivity contribution in [3.8, 4) is 0 Å². The Morgan fingerprint density at radius 3 is 2.00 bits per heavy atom. The third-order valence-electron chi connectivity index (χ3n) is 0.956. The fourth-order valence-electron chi connectivity index (χ4n) is 0.308. The van der Waals surface area contributed by atoms with Crippen LogP contribution in [0.1, 0.15) is 0 Å². The zero-order valence-electron chi connectivity index (χ0n) is 8.62. The van der Waals surface area contributed by atoms with E-state index in [0.29, 0.717) is 6.67 Å². The standard InChI is InChI=1S/C6H12N2O.C3H5NO/c1-4-6(9)7-5-8(2)3;1-2-3(4)5/h4H,1,5H2,2-3H3,(H,7,9);2H,1H2,(H2,4,5). The van der Waals surface area contributed by atoms with E-state index in [-0.39, 0.29) is 5.91 Å². The number of nitrogens with two attached hydrogens (primary N) is 1. The molecule has 0 saturated carbocycles. The highest BCUT2D eigenvalue weighted by atomic mass is 16.1.